The lowest BCUT2D eigenvalue weighted by Crippen LogP contribution is -2.25. The highest BCUT2D eigenvalue weighted by molar-refractivity contribution is 5.69. The molecule has 0 aromatic heterocycles. The van der Waals surface area contributed by atoms with Gasteiger partial charge in [0, 0.05) is 6.42 Å². The largest absolute Gasteiger partial charge is 0.457 e. The lowest BCUT2D eigenvalue weighted by Gasteiger charge is -2.12. The van der Waals surface area contributed by atoms with Crippen LogP contribution in [0.3, 0.4) is 0 Å². The molecular formula is C13H26O4. The number of unbranched alkanes of at least 4 members (excludes halogenated alkanes) is 6. The van der Waals surface area contributed by atoms with Crippen molar-refractivity contribution < 1.29 is 19.7 Å². The van der Waals surface area contributed by atoms with Gasteiger partial charge in [-0.05, 0) is 6.42 Å². The van der Waals surface area contributed by atoms with Crippen molar-refractivity contribution in [3.63, 3.8) is 0 Å². The van der Waals surface area contributed by atoms with E-state index in [4.69, 9.17) is 14.9 Å². The Morgan fingerprint density at radius 2 is 1.53 bits per heavy atom. The summed E-state index contributed by atoms with van der Waals surface area (Å²) in [4.78, 5) is 11.3. The third kappa shape index (κ3) is 10.3. The van der Waals surface area contributed by atoms with E-state index in [1.165, 1.54) is 25.7 Å². The molecule has 0 aliphatic rings. The quantitative estimate of drug-likeness (QED) is 0.432. The van der Waals surface area contributed by atoms with Gasteiger partial charge in [0.05, 0.1) is 13.2 Å². The summed E-state index contributed by atoms with van der Waals surface area (Å²) >= 11 is 0. The van der Waals surface area contributed by atoms with Gasteiger partial charge in [-0.25, -0.2) is 0 Å². The van der Waals surface area contributed by atoms with Crippen LogP contribution in [-0.2, 0) is 9.53 Å². The van der Waals surface area contributed by atoms with E-state index < -0.39 is 6.10 Å². The average molecular weight is 246 g/mol. The highest BCUT2D eigenvalue weighted by atomic mass is 16.6. The van der Waals surface area contributed by atoms with E-state index in [0.717, 1.165) is 19.3 Å². The zero-order valence-corrected chi connectivity index (χ0v) is 10.9. The number of aliphatic hydroxyl groups is 2. The first-order valence-corrected chi connectivity index (χ1v) is 6.65. The van der Waals surface area contributed by atoms with Crippen molar-refractivity contribution in [3.05, 3.63) is 0 Å². The van der Waals surface area contributed by atoms with Crippen LogP contribution in [0, 0.1) is 0 Å². The maximum Gasteiger partial charge on any atom is 0.306 e. The van der Waals surface area contributed by atoms with Crippen LogP contribution in [0.1, 0.15) is 58.3 Å². The lowest BCUT2D eigenvalue weighted by atomic mass is 10.1. The van der Waals surface area contributed by atoms with Crippen molar-refractivity contribution in [2.75, 3.05) is 13.2 Å². The summed E-state index contributed by atoms with van der Waals surface area (Å²) in [5.74, 6) is -0.327. The number of carbonyl (C=O) groups excluding carboxylic acids is 1. The van der Waals surface area contributed by atoms with Gasteiger partial charge in [-0.15, -0.1) is 0 Å². The van der Waals surface area contributed by atoms with Crippen LogP contribution < -0.4 is 0 Å². The summed E-state index contributed by atoms with van der Waals surface area (Å²) in [6.07, 6.45) is 7.70. The van der Waals surface area contributed by atoms with Gasteiger partial charge < -0.3 is 14.9 Å². The molecule has 0 aromatic rings. The molecule has 0 fully saturated rings. The summed E-state index contributed by atoms with van der Waals surface area (Å²) in [7, 11) is 0. The van der Waals surface area contributed by atoms with Crippen molar-refractivity contribution >= 4 is 5.97 Å². The molecule has 0 unspecified atom stereocenters. The molecule has 0 saturated heterocycles. The van der Waals surface area contributed by atoms with E-state index in [-0.39, 0.29) is 19.2 Å². The Hall–Kier alpha value is -0.610. The predicted octanol–water partition coefficient (Wildman–Crippen LogP) is 2.02. The number of hydrogen-bond acceptors (Lipinski definition) is 4. The highest BCUT2D eigenvalue weighted by Gasteiger charge is 2.11. The molecule has 2 N–H and O–H groups in total. The van der Waals surface area contributed by atoms with Gasteiger partial charge in [-0.3, -0.25) is 4.79 Å². The third-order valence-electron chi connectivity index (χ3n) is 2.69. The van der Waals surface area contributed by atoms with E-state index in [0.29, 0.717) is 6.42 Å². The van der Waals surface area contributed by atoms with E-state index in [9.17, 15) is 4.79 Å². The van der Waals surface area contributed by atoms with Gasteiger partial charge in [0.25, 0.3) is 0 Å². The Balaban J connectivity index is 3.33. The Labute approximate surface area is 104 Å². The summed E-state index contributed by atoms with van der Waals surface area (Å²) in [6.45, 7) is 1.55. The number of rotatable bonds is 11. The standard InChI is InChI=1S/C13H26O4/c1-2-3-4-5-6-7-8-9-13(16)17-12(10-14)11-15/h12,14-15H,2-11H2,1H3. The molecule has 0 atom stereocenters. The van der Waals surface area contributed by atoms with Crippen LogP contribution in [-0.4, -0.2) is 35.5 Å². The molecule has 0 amide bonds. The molecule has 4 heteroatoms. The van der Waals surface area contributed by atoms with Gasteiger partial charge in [0.2, 0.25) is 0 Å². The van der Waals surface area contributed by atoms with Gasteiger partial charge >= 0.3 is 5.97 Å². The second-order valence-electron chi connectivity index (χ2n) is 4.35. The molecule has 4 nitrogen and oxygen atoms in total. The van der Waals surface area contributed by atoms with Crippen molar-refractivity contribution in [1.82, 2.24) is 0 Å². The summed E-state index contributed by atoms with van der Waals surface area (Å²) in [6, 6.07) is 0. The van der Waals surface area contributed by atoms with E-state index in [2.05, 4.69) is 6.92 Å². The third-order valence-corrected chi connectivity index (χ3v) is 2.69. The van der Waals surface area contributed by atoms with Gasteiger partial charge in [0.15, 0.2) is 0 Å². The van der Waals surface area contributed by atoms with Crippen LogP contribution in [0.5, 0.6) is 0 Å². The molecule has 0 aliphatic heterocycles. The van der Waals surface area contributed by atoms with Crippen LogP contribution >= 0.6 is 0 Å². The molecule has 0 bridgehead atoms. The molecule has 0 heterocycles. The molecule has 0 rings (SSSR count). The number of hydrogen-bond donors (Lipinski definition) is 2. The Morgan fingerprint density at radius 1 is 1.00 bits per heavy atom. The van der Waals surface area contributed by atoms with Crippen LogP contribution in [0.15, 0.2) is 0 Å². The van der Waals surface area contributed by atoms with E-state index >= 15 is 0 Å². The van der Waals surface area contributed by atoms with E-state index in [1.807, 2.05) is 0 Å². The molecule has 0 aromatic carbocycles. The van der Waals surface area contributed by atoms with Crippen molar-refractivity contribution in [2.45, 2.75) is 64.4 Å². The lowest BCUT2D eigenvalue weighted by molar-refractivity contribution is -0.153. The maximum atomic E-state index is 11.3. The average Bonchev–Trinajstić information content (AvgIpc) is 2.34. The summed E-state index contributed by atoms with van der Waals surface area (Å²) in [5.41, 5.74) is 0. The number of carbonyl (C=O) groups is 1. The second kappa shape index (κ2) is 11.9. The maximum absolute atomic E-state index is 11.3. The molecule has 0 radical (unpaired) electrons. The molecule has 0 aliphatic carbocycles. The van der Waals surface area contributed by atoms with Crippen molar-refractivity contribution in [1.29, 1.82) is 0 Å². The second-order valence-corrected chi connectivity index (χ2v) is 4.35. The van der Waals surface area contributed by atoms with Gasteiger partial charge in [-0.1, -0.05) is 45.4 Å². The first-order valence-electron chi connectivity index (χ1n) is 6.65. The molecular weight excluding hydrogens is 220 g/mol. The molecule has 17 heavy (non-hydrogen) atoms. The van der Waals surface area contributed by atoms with Crippen LogP contribution in [0.25, 0.3) is 0 Å². The number of esters is 1. The fourth-order valence-electron chi connectivity index (χ4n) is 1.60. The Kier molecular flexibility index (Phi) is 11.4. The van der Waals surface area contributed by atoms with E-state index in [1.54, 1.807) is 0 Å². The minimum absolute atomic E-state index is 0.320. The smallest absolute Gasteiger partial charge is 0.306 e. The fraction of sp³-hybridized carbons (Fsp3) is 0.923. The molecule has 0 spiro atoms. The van der Waals surface area contributed by atoms with Gasteiger partial charge in [0.1, 0.15) is 6.10 Å². The highest BCUT2D eigenvalue weighted by Crippen LogP contribution is 2.09. The predicted molar refractivity (Wildman–Crippen MR) is 66.7 cm³/mol. The van der Waals surface area contributed by atoms with Crippen molar-refractivity contribution in [3.8, 4) is 0 Å². The topological polar surface area (TPSA) is 66.8 Å². The molecule has 0 saturated carbocycles. The Morgan fingerprint density at radius 3 is 2.06 bits per heavy atom. The first kappa shape index (κ1) is 16.4. The van der Waals surface area contributed by atoms with Crippen LogP contribution in [0.4, 0.5) is 0 Å². The fourth-order valence-corrected chi connectivity index (χ4v) is 1.60. The zero-order valence-electron chi connectivity index (χ0n) is 10.9. The number of ether oxygens (including phenoxy) is 1. The normalized spacial score (nSPS) is 10.8. The summed E-state index contributed by atoms with van der Waals surface area (Å²) < 4.78 is 4.85. The summed E-state index contributed by atoms with van der Waals surface area (Å²) in [5, 5.41) is 17.5. The van der Waals surface area contributed by atoms with Gasteiger partial charge in [-0.2, -0.15) is 0 Å². The number of aliphatic hydroxyl groups excluding tert-OH is 2. The first-order chi connectivity index (χ1) is 8.24. The minimum Gasteiger partial charge on any atom is -0.457 e. The zero-order chi connectivity index (χ0) is 12.9. The molecule has 102 valence electrons. The SMILES string of the molecule is CCCCCCCCCC(=O)OC(CO)CO. The monoisotopic (exact) mass is 246 g/mol. The minimum atomic E-state index is -0.757. The Bertz CT molecular complexity index is 178. The van der Waals surface area contributed by atoms with Crippen LogP contribution in [0.2, 0.25) is 0 Å². The van der Waals surface area contributed by atoms with Crippen molar-refractivity contribution in [2.24, 2.45) is 0 Å².